The molecule has 1 aromatic carbocycles. The second kappa shape index (κ2) is 8.61. The van der Waals surface area contributed by atoms with Gasteiger partial charge in [-0.3, -0.25) is 9.59 Å². The van der Waals surface area contributed by atoms with Crippen LogP contribution in [0.5, 0.6) is 0 Å². The quantitative estimate of drug-likeness (QED) is 0.768. The van der Waals surface area contributed by atoms with Crippen molar-refractivity contribution in [2.24, 2.45) is 5.73 Å². The number of carbonyl (C=O) groups is 2. The molecule has 124 valence electrons. The highest BCUT2D eigenvalue weighted by atomic mass is 35.5. The van der Waals surface area contributed by atoms with Crippen molar-refractivity contribution in [1.82, 2.24) is 4.98 Å². The van der Waals surface area contributed by atoms with E-state index in [0.29, 0.717) is 30.0 Å². The van der Waals surface area contributed by atoms with Gasteiger partial charge in [-0.25, -0.2) is 4.98 Å². The Morgan fingerprint density at radius 3 is 2.65 bits per heavy atom. The van der Waals surface area contributed by atoms with Gasteiger partial charge in [0.15, 0.2) is 0 Å². The third kappa shape index (κ3) is 5.31. The SMILES string of the molecule is CC(=O)Nc1ccc(C)cc1NC(=O)c1csc(CCN)n1.Cl. The molecule has 0 atom stereocenters. The van der Waals surface area contributed by atoms with Gasteiger partial charge in [-0.2, -0.15) is 0 Å². The Kier molecular flexibility index (Phi) is 7.15. The van der Waals surface area contributed by atoms with E-state index in [1.165, 1.54) is 18.3 Å². The number of nitrogens with zero attached hydrogens (tertiary/aromatic N) is 1. The van der Waals surface area contributed by atoms with E-state index in [1.807, 2.05) is 13.0 Å². The summed E-state index contributed by atoms with van der Waals surface area (Å²) in [5.41, 5.74) is 7.92. The number of amides is 2. The maximum absolute atomic E-state index is 12.3. The van der Waals surface area contributed by atoms with Gasteiger partial charge >= 0.3 is 0 Å². The minimum Gasteiger partial charge on any atom is -0.330 e. The van der Waals surface area contributed by atoms with Crippen LogP contribution in [0.4, 0.5) is 11.4 Å². The molecule has 2 aromatic rings. The lowest BCUT2D eigenvalue weighted by Gasteiger charge is -2.11. The number of hydrogen-bond donors (Lipinski definition) is 3. The summed E-state index contributed by atoms with van der Waals surface area (Å²) in [6.07, 6.45) is 0.652. The molecule has 1 aromatic heterocycles. The third-order valence-electron chi connectivity index (χ3n) is 2.88. The highest BCUT2D eigenvalue weighted by Gasteiger charge is 2.13. The van der Waals surface area contributed by atoms with E-state index in [4.69, 9.17) is 5.73 Å². The van der Waals surface area contributed by atoms with Crippen molar-refractivity contribution >= 4 is 46.9 Å². The first kappa shape index (κ1) is 19.1. The highest BCUT2D eigenvalue weighted by molar-refractivity contribution is 7.09. The molecule has 0 saturated carbocycles. The van der Waals surface area contributed by atoms with E-state index in [1.54, 1.807) is 17.5 Å². The number of thiazole rings is 1. The standard InChI is InChI=1S/C15H18N4O2S.ClH/c1-9-3-4-11(17-10(2)20)12(7-9)19-15(21)13-8-22-14(18-13)5-6-16;/h3-4,7-8H,5-6,16H2,1-2H3,(H,17,20)(H,19,21);1H. The van der Waals surface area contributed by atoms with E-state index in [-0.39, 0.29) is 24.2 Å². The second-order valence-corrected chi connectivity index (χ2v) is 5.79. The molecule has 0 aliphatic carbocycles. The lowest BCUT2D eigenvalue weighted by molar-refractivity contribution is -0.114. The van der Waals surface area contributed by atoms with Crippen LogP contribution in [-0.4, -0.2) is 23.3 Å². The molecule has 0 aliphatic rings. The first-order valence-electron chi connectivity index (χ1n) is 6.83. The maximum Gasteiger partial charge on any atom is 0.275 e. The number of hydrogen-bond acceptors (Lipinski definition) is 5. The van der Waals surface area contributed by atoms with Crippen LogP contribution in [0.2, 0.25) is 0 Å². The number of aromatic nitrogens is 1. The van der Waals surface area contributed by atoms with Crippen molar-refractivity contribution in [2.75, 3.05) is 17.2 Å². The summed E-state index contributed by atoms with van der Waals surface area (Å²) in [7, 11) is 0. The Bertz CT molecular complexity index is 703. The lowest BCUT2D eigenvalue weighted by atomic mass is 10.2. The summed E-state index contributed by atoms with van der Waals surface area (Å²) in [4.78, 5) is 27.8. The number of rotatable bonds is 5. The number of nitrogens with one attached hydrogen (secondary N) is 2. The van der Waals surface area contributed by atoms with E-state index >= 15 is 0 Å². The fraction of sp³-hybridized carbons (Fsp3) is 0.267. The molecule has 6 nitrogen and oxygen atoms in total. The van der Waals surface area contributed by atoms with Gasteiger partial charge < -0.3 is 16.4 Å². The van der Waals surface area contributed by atoms with Crippen LogP contribution in [0.1, 0.15) is 28.0 Å². The molecule has 8 heteroatoms. The van der Waals surface area contributed by atoms with Gasteiger partial charge in [0.05, 0.1) is 16.4 Å². The Morgan fingerprint density at radius 2 is 2.00 bits per heavy atom. The topological polar surface area (TPSA) is 97.1 Å². The summed E-state index contributed by atoms with van der Waals surface area (Å²) in [6, 6.07) is 5.42. The zero-order valence-corrected chi connectivity index (χ0v) is 14.5. The summed E-state index contributed by atoms with van der Waals surface area (Å²) in [5.74, 6) is -0.505. The summed E-state index contributed by atoms with van der Waals surface area (Å²) in [5, 5.41) is 8.02. The lowest BCUT2D eigenvalue weighted by Crippen LogP contribution is -2.16. The fourth-order valence-corrected chi connectivity index (χ4v) is 2.69. The molecule has 23 heavy (non-hydrogen) atoms. The van der Waals surface area contributed by atoms with E-state index in [9.17, 15) is 9.59 Å². The molecule has 0 fully saturated rings. The smallest absolute Gasteiger partial charge is 0.275 e. The molecule has 1 heterocycles. The number of aryl methyl sites for hydroxylation is 1. The molecule has 0 aliphatic heterocycles. The molecule has 0 radical (unpaired) electrons. The average molecular weight is 355 g/mol. The minimum absolute atomic E-state index is 0. The highest BCUT2D eigenvalue weighted by Crippen LogP contribution is 2.24. The largest absolute Gasteiger partial charge is 0.330 e. The van der Waals surface area contributed by atoms with Gasteiger partial charge in [0.2, 0.25) is 5.91 Å². The molecule has 2 amide bonds. The number of carbonyl (C=O) groups excluding carboxylic acids is 2. The summed E-state index contributed by atoms with van der Waals surface area (Å²) >= 11 is 1.41. The van der Waals surface area contributed by atoms with Gasteiger partial charge in [0.1, 0.15) is 5.69 Å². The third-order valence-corrected chi connectivity index (χ3v) is 3.79. The maximum atomic E-state index is 12.3. The number of anilines is 2. The molecule has 0 spiro atoms. The molecule has 0 bridgehead atoms. The van der Waals surface area contributed by atoms with E-state index in [0.717, 1.165) is 10.6 Å². The van der Waals surface area contributed by atoms with Crippen LogP contribution in [-0.2, 0) is 11.2 Å². The Balaban J connectivity index is 0.00000264. The van der Waals surface area contributed by atoms with Crippen LogP contribution < -0.4 is 16.4 Å². The predicted molar refractivity (Wildman–Crippen MR) is 95.6 cm³/mol. The average Bonchev–Trinajstić information content (AvgIpc) is 2.90. The first-order valence-corrected chi connectivity index (χ1v) is 7.71. The molecular formula is C15H19ClN4O2S. The van der Waals surface area contributed by atoms with Crippen molar-refractivity contribution in [3.8, 4) is 0 Å². The van der Waals surface area contributed by atoms with Gasteiger partial charge in [-0.1, -0.05) is 6.07 Å². The summed E-state index contributed by atoms with van der Waals surface area (Å²) < 4.78 is 0. The van der Waals surface area contributed by atoms with Crippen molar-refractivity contribution in [2.45, 2.75) is 20.3 Å². The zero-order valence-electron chi connectivity index (χ0n) is 12.9. The second-order valence-electron chi connectivity index (χ2n) is 4.85. The normalized spacial score (nSPS) is 9.87. The van der Waals surface area contributed by atoms with Crippen molar-refractivity contribution in [1.29, 1.82) is 0 Å². The van der Waals surface area contributed by atoms with Crippen LogP contribution in [0.15, 0.2) is 23.6 Å². The Labute approximate surface area is 144 Å². The monoisotopic (exact) mass is 354 g/mol. The Hall–Kier alpha value is -1.96. The number of nitrogens with two attached hydrogens (primary N) is 1. The van der Waals surface area contributed by atoms with Crippen molar-refractivity contribution < 1.29 is 9.59 Å². The van der Waals surface area contributed by atoms with Crippen LogP contribution in [0.3, 0.4) is 0 Å². The molecular weight excluding hydrogens is 336 g/mol. The zero-order chi connectivity index (χ0) is 16.1. The molecule has 2 rings (SSSR count). The van der Waals surface area contributed by atoms with Gasteiger partial charge in [-0.15, -0.1) is 23.7 Å². The van der Waals surface area contributed by atoms with Crippen molar-refractivity contribution in [3.05, 3.63) is 39.8 Å². The number of benzene rings is 1. The Morgan fingerprint density at radius 1 is 1.26 bits per heavy atom. The minimum atomic E-state index is -0.309. The van der Waals surface area contributed by atoms with Crippen LogP contribution >= 0.6 is 23.7 Å². The van der Waals surface area contributed by atoms with Gasteiger partial charge in [0.25, 0.3) is 5.91 Å². The first-order chi connectivity index (χ1) is 10.5. The van der Waals surface area contributed by atoms with Crippen LogP contribution in [0, 0.1) is 6.92 Å². The van der Waals surface area contributed by atoms with Crippen molar-refractivity contribution in [3.63, 3.8) is 0 Å². The van der Waals surface area contributed by atoms with Gasteiger partial charge in [-0.05, 0) is 31.2 Å². The van der Waals surface area contributed by atoms with Crippen LogP contribution in [0.25, 0.3) is 0 Å². The van der Waals surface area contributed by atoms with Gasteiger partial charge in [0, 0.05) is 18.7 Å². The predicted octanol–water partition coefficient (Wildman–Crippen LogP) is 2.59. The molecule has 4 N–H and O–H groups in total. The fourth-order valence-electron chi connectivity index (χ4n) is 1.90. The molecule has 0 unspecified atom stereocenters. The molecule has 0 saturated heterocycles. The summed E-state index contributed by atoms with van der Waals surface area (Å²) in [6.45, 7) is 3.83. The van der Waals surface area contributed by atoms with E-state index in [2.05, 4.69) is 15.6 Å². The van der Waals surface area contributed by atoms with E-state index < -0.39 is 0 Å². The number of halogens is 1.